The second kappa shape index (κ2) is 4.82. The monoisotopic (exact) mass is 299 g/mol. The van der Waals surface area contributed by atoms with Gasteiger partial charge in [-0.25, -0.2) is 13.1 Å². The lowest BCUT2D eigenvalue weighted by Gasteiger charge is -2.48. The zero-order valence-electron chi connectivity index (χ0n) is 11.9. The van der Waals surface area contributed by atoms with E-state index in [1.54, 1.807) is 13.8 Å². The Morgan fingerprint density at radius 3 is 2.70 bits per heavy atom. The maximum absolute atomic E-state index is 12.5. The van der Waals surface area contributed by atoms with Crippen molar-refractivity contribution < 1.29 is 12.9 Å². The van der Waals surface area contributed by atoms with Crippen LogP contribution in [0.15, 0.2) is 9.42 Å². The summed E-state index contributed by atoms with van der Waals surface area (Å²) in [5.41, 5.74) is 0.590. The van der Waals surface area contributed by atoms with Crippen molar-refractivity contribution in [2.24, 2.45) is 0 Å². The van der Waals surface area contributed by atoms with Gasteiger partial charge in [0.05, 0.1) is 0 Å². The van der Waals surface area contributed by atoms with Crippen LogP contribution in [-0.4, -0.2) is 31.7 Å². The smallest absolute Gasteiger partial charge is 0.246 e. The molecule has 0 aromatic carbocycles. The fourth-order valence-electron chi connectivity index (χ4n) is 3.38. The second-order valence-electron chi connectivity index (χ2n) is 6.02. The minimum atomic E-state index is -3.55. The van der Waals surface area contributed by atoms with Crippen molar-refractivity contribution >= 4 is 10.0 Å². The molecule has 20 heavy (non-hydrogen) atoms. The van der Waals surface area contributed by atoms with E-state index in [-0.39, 0.29) is 16.5 Å². The molecule has 1 spiro atoms. The van der Waals surface area contributed by atoms with Crippen molar-refractivity contribution in [3.05, 3.63) is 11.5 Å². The van der Waals surface area contributed by atoms with Gasteiger partial charge in [-0.05, 0) is 52.5 Å². The molecular weight excluding hydrogens is 278 g/mol. The summed E-state index contributed by atoms with van der Waals surface area (Å²) in [6.45, 7) is 4.15. The molecule has 1 aliphatic heterocycles. The van der Waals surface area contributed by atoms with E-state index in [1.165, 1.54) is 6.42 Å². The van der Waals surface area contributed by atoms with E-state index in [0.717, 1.165) is 32.2 Å². The molecule has 1 aromatic rings. The molecule has 1 atom stereocenters. The number of nitrogens with one attached hydrogen (secondary N) is 2. The SMILES string of the molecule is Cc1noc(C)c1S(=O)(=O)NC1CCNC2(CCC2)C1. The van der Waals surface area contributed by atoms with Crippen molar-refractivity contribution in [2.75, 3.05) is 6.54 Å². The van der Waals surface area contributed by atoms with Gasteiger partial charge in [-0.15, -0.1) is 0 Å². The minimum Gasteiger partial charge on any atom is -0.360 e. The van der Waals surface area contributed by atoms with Crippen molar-refractivity contribution in [2.45, 2.75) is 62.4 Å². The van der Waals surface area contributed by atoms with E-state index < -0.39 is 10.0 Å². The van der Waals surface area contributed by atoms with Gasteiger partial charge in [-0.3, -0.25) is 0 Å². The van der Waals surface area contributed by atoms with Crippen molar-refractivity contribution in [1.82, 2.24) is 15.2 Å². The lowest BCUT2D eigenvalue weighted by molar-refractivity contribution is 0.126. The molecule has 1 saturated carbocycles. The summed E-state index contributed by atoms with van der Waals surface area (Å²) < 4.78 is 32.8. The first-order valence-electron chi connectivity index (χ1n) is 7.12. The standard InChI is InChI=1S/C13H21N3O3S/c1-9-12(10(2)19-15-9)20(17,18)16-11-4-7-14-13(8-11)5-3-6-13/h11,14,16H,3-8H2,1-2H3. The van der Waals surface area contributed by atoms with Crippen LogP contribution in [0.1, 0.15) is 43.6 Å². The lowest BCUT2D eigenvalue weighted by Crippen LogP contribution is -2.59. The van der Waals surface area contributed by atoms with E-state index in [4.69, 9.17) is 4.52 Å². The zero-order valence-corrected chi connectivity index (χ0v) is 12.7. The second-order valence-corrected chi connectivity index (χ2v) is 7.68. The summed E-state index contributed by atoms with van der Waals surface area (Å²) in [5.74, 6) is 0.349. The Bertz CT molecular complexity index is 585. The molecule has 2 heterocycles. The highest BCUT2D eigenvalue weighted by Crippen LogP contribution is 2.38. The molecule has 2 N–H and O–H groups in total. The summed E-state index contributed by atoms with van der Waals surface area (Å²) in [6.07, 6.45) is 5.23. The highest BCUT2D eigenvalue weighted by atomic mass is 32.2. The van der Waals surface area contributed by atoms with E-state index in [9.17, 15) is 8.42 Å². The highest BCUT2D eigenvalue weighted by molar-refractivity contribution is 7.89. The summed E-state index contributed by atoms with van der Waals surface area (Å²) in [6, 6.07) is -0.00440. The molecule has 2 fully saturated rings. The largest absolute Gasteiger partial charge is 0.360 e. The van der Waals surface area contributed by atoms with E-state index in [0.29, 0.717) is 11.5 Å². The molecule has 0 amide bonds. The van der Waals surface area contributed by atoms with Crippen LogP contribution in [0, 0.1) is 13.8 Å². The molecule has 1 aromatic heterocycles. The third kappa shape index (κ3) is 2.38. The summed E-state index contributed by atoms with van der Waals surface area (Å²) in [5, 5.41) is 7.26. The third-order valence-electron chi connectivity index (χ3n) is 4.50. The van der Waals surface area contributed by atoms with Gasteiger partial charge in [0, 0.05) is 11.6 Å². The van der Waals surface area contributed by atoms with Crippen LogP contribution in [0.2, 0.25) is 0 Å². The number of aromatic nitrogens is 1. The fourth-order valence-corrected chi connectivity index (χ4v) is 4.98. The zero-order chi connectivity index (χ0) is 14.4. The van der Waals surface area contributed by atoms with Gasteiger partial charge in [-0.1, -0.05) is 5.16 Å². The normalized spacial score (nSPS) is 25.6. The summed E-state index contributed by atoms with van der Waals surface area (Å²) in [4.78, 5) is 0.193. The van der Waals surface area contributed by atoms with Crippen LogP contribution in [0.25, 0.3) is 0 Å². The predicted molar refractivity (Wildman–Crippen MR) is 73.9 cm³/mol. The molecule has 112 valence electrons. The number of sulfonamides is 1. The average molecular weight is 299 g/mol. The Balaban J connectivity index is 1.76. The van der Waals surface area contributed by atoms with E-state index in [2.05, 4.69) is 15.2 Å². The van der Waals surface area contributed by atoms with Crippen molar-refractivity contribution in [3.63, 3.8) is 0 Å². The first-order chi connectivity index (χ1) is 9.42. The van der Waals surface area contributed by atoms with Crippen LogP contribution in [0.5, 0.6) is 0 Å². The molecule has 3 rings (SSSR count). The van der Waals surface area contributed by atoms with E-state index in [1.807, 2.05) is 0 Å². The van der Waals surface area contributed by atoms with Crippen LogP contribution < -0.4 is 10.0 Å². The third-order valence-corrected chi connectivity index (χ3v) is 6.26. The number of hydrogen-bond donors (Lipinski definition) is 2. The van der Waals surface area contributed by atoms with Crippen LogP contribution in [-0.2, 0) is 10.0 Å². The number of rotatable bonds is 3. The molecule has 2 aliphatic rings. The predicted octanol–water partition coefficient (Wildman–Crippen LogP) is 1.24. The molecule has 0 bridgehead atoms. The molecule has 1 aliphatic carbocycles. The number of aryl methyl sites for hydroxylation is 2. The topological polar surface area (TPSA) is 84.2 Å². The first-order valence-corrected chi connectivity index (χ1v) is 8.60. The number of hydrogen-bond acceptors (Lipinski definition) is 5. The quantitative estimate of drug-likeness (QED) is 0.877. The molecule has 7 heteroatoms. The van der Waals surface area contributed by atoms with Gasteiger partial charge < -0.3 is 9.84 Å². The van der Waals surface area contributed by atoms with Crippen LogP contribution in [0.3, 0.4) is 0 Å². The summed E-state index contributed by atoms with van der Waals surface area (Å²) in [7, 11) is -3.55. The molecule has 1 saturated heterocycles. The van der Waals surface area contributed by atoms with Gasteiger partial charge in [0.25, 0.3) is 0 Å². The van der Waals surface area contributed by atoms with Gasteiger partial charge in [0.1, 0.15) is 10.6 Å². The molecule has 1 unspecified atom stereocenters. The molecular formula is C13H21N3O3S. The number of nitrogens with zero attached hydrogens (tertiary/aromatic N) is 1. The Labute approximate surface area is 119 Å². The minimum absolute atomic E-state index is 0.00440. The number of piperidine rings is 1. The fraction of sp³-hybridized carbons (Fsp3) is 0.769. The van der Waals surface area contributed by atoms with Gasteiger partial charge in [0.15, 0.2) is 5.76 Å². The Hall–Kier alpha value is -0.920. The van der Waals surface area contributed by atoms with Crippen molar-refractivity contribution in [3.8, 4) is 0 Å². The average Bonchev–Trinajstić information content (AvgIpc) is 2.67. The van der Waals surface area contributed by atoms with Crippen LogP contribution >= 0.6 is 0 Å². The maximum Gasteiger partial charge on any atom is 0.246 e. The van der Waals surface area contributed by atoms with Gasteiger partial charge in [-0.2, -0.15) is 0 Å². The first kappa shape index (κ1) is 14.0. The van der Waals surface area contributed by atoms with E-state index >= 15 is 0 Å². The maximum atomic E-state index is 12.5. The van der Waals surface area contributed by atoms with Crippen LogP contribution in [0.4, 0.5) is 0 Å². The van der Waals surface area contributed by atoms with Crippen molar-refractivity contribution in [1.29, 1.82) is 0 Å². The molecule has 6 nitrogen and oxygen atoms in total. The Morgan fingerprint density at radius 1 is 1.40 bits per heavy atom. The highest BCUT2D eigenvalue weighted by Gasteiger charge is 2.42. The molecule has 0 radical (unpaired) electrons. The van der Waals surface area contributed by atoms with Gasteiger partial charge in [0.2, 0.25) is 10.0 Å². The Kier molecular flexibility index (Phi) is 3.38. The Morgan fingerprint density at radius 2 is 2.15 bits per heavy atom. The lowest BCUT2D eigenvalue weighted by atomic mass is 9.70. The van der Waals surface area contributed by atoms with Gasteiger partial charge >= 0.3 is 0 Å². The summed E-state index contributed by atoms with van der Waals surface area (Å²) >= 11 is 0.